The fourth-order valence-electron chi connectivity index (χ4n) is 4.63. The van der Waals surface area contributed by atoms with Crippen LogP contribution in [0.2, 0.25) is 0 Å². The standard InChI is InChI=1S/C26H21F6N3O3S/c27-25(28,29)24(26(30,31)32)38-17-8-5-14(6-9-17)19-12-20(19)23-34-21-10-7-15(11-22(21)35-23)18-4-2-1-3-16(18)13-39(33,36)37/h1-11,19-20,24H,12-13H2,(H,34,35)(H2,33,36,37). The lowest BCUT2D eigenvalue weighted by molar-refractivity contribution is -0.299. The summed E-state index contributed by atoms with van der Waals surface area (Å²) in [5.41, 5.74) is 4.21. The molecule has 0 aliphatic heterocycles. The summed E-state index contributed by atoms with van der Waals surface area (Å²) in [6, 6.07) is 17.6. The largest absolute Gasteiger partial charge is 0.471 e. The number of nitrogens with two attached hydrogens (primary N) is 1. The number of nitrogens with one attached hydrogen (secondary N) is 1. The number of rotatable bonds is 7. The van der Waals surface area contributed by atoms with E-state index in [2.05, 4.69) is 14.7 Å². The van der Waals surface area contributed by atoms with Crippen LogP contribution in [-0.2, 0) is 15.8 Å². The number of primary sulfonamides is 1. The van der Waals surface area contributed by atoms with E-state index in [0.29, 0.717) is 23.3 Å². The molecular formula is C26H21F6N3O3S. The first-order chi connectivity index (χ1) is 18.2. The summed E-state index contributed by atoms with van der Waals surface area (Å²) in [6.45, 7) is 0. The number of imidazole rings is 1. The van der Waals surface area contributed by atoms with Crippen LogP contribution in [0, 0.1) is 0 Å². The van der Waals surface area contributed by atoms with Crippen molar-refractivity contribution in [3.8, 4) is 16.9 Å². The third kappa shape index (κ3) is 6.04. The van der Waals surface area contributed by atoms with Crippen molar-refractivity contribution in [2.45, 2.75) is 42.5 Å². The van der Waals surface area contributed by atoms with Crippen LogP contribution < -0.4 is 9.88 Å². The van der Waals surface area contributed by atoms with Crippen molar-refractivity contribution in [2.24, 2.45) is 5.14 Å². The molecule has 3 N–H and O–H groups in total. The molecule has 0 spiro atoms. The van der Waals surface area contributed by atoms with Crippen LogP contribution in [-0.4, -0.2) is 36.8 Å². The van der Waals surface area contributed by atoms with Crippen LogP contribution in [0.25, 0.3) is 22.2 Å². The average Bonchev–Trinajstić information content (AvgIpc) is 3.52. The number of aromatic amines is 1. The molecule has 2 atom stereocenters. The second kappa shape index (κ2) is 9.56. The van der Waals surface area contributed by atoms with E-state index in [9.17, 15) is 34.8 Å². The van der Waals surface area contributed by atoms with Crippen LogP contribution >= 0.6 is 0 Å². The molecule has 1 aliphatic carbocycles. The molecule has 0 bridgehead atoms. The molecule has 1 fully saturated rings. The summed E-state index contributed by atoms with van der Waals surface area (Å²) in [5.74, 6) is -0.180. The Labute approximate surface area is 218 Å². The van der Waals surface area contributed by atoms with E-state index in [0.717, 1.165) is 34.3 Å². The van der Waals surface area contributed by atoms with Gasteiger partial charge >= 0.3 is 12.4 Å². The molecule has 39 heavy (non-hydrogen) atoms. The van der Waals surface area contributed by atoms with Crippen molar-refractivity contribution < 1.29 is 39.5 Å². The van der Waals surface area contributed by atoms with Gasteiger partial charge in [-0.15, -0.1) is 0 Å². The maximum absolute atomic E-state index is 12.8. The molecule has 2 unspecified atom stereocenters. The molecule has 4 aromatic rings. The fraction of sp³-hybridized carbons (Fsp3) is 0.269. The number of ether oxygens (including phenoxy) is 1. The van der Waals surface area contributed by atoms with E-state index in [4.69, 9.17) is 5.14 Å². The highest BCUT2D eigenvalue weighted by atomic mass is 32.2. The van der Waals surface area contributed by atoms with Crippen molar-refractivity contribution >= 4 is 21.1 Å². The van der Waals surface area contributed by atoms with Crippen molar-refractivity contribution in [2.75, 3.05) is 0 Å². The summed E-state index contributed by atoms with van der Waals surface area (Å²) in [5, 5.41) is 5.23. The molecule has 1 saturated carbocycles. The monoisotopic (exact) mass is 569 g/mol. The van der Waals surface area contributed by atoms with Crippen LogP contribution in [0.3, 0.4) is 0 Å². The molecule has 1 heterocycles. The van der Waals surface area contributed by atoms with Crippen molar-refractivity contribution in [1.29, 1.82) is 0 Å². The minimum Gasteiger partial charge on any atom is -0.471 e. The number of hydrogen-bond acceptors (Lipinski definition) is 4. The van der Waals surface area contributed by atoms with Gasteiger partial charge in [-0.25, -0.2) is 18.5 Å². The van der Waals surface area contributed by atoms with Crippen LogP contribution in [0.1, 0.15) is 35.2 Å². The molecule has 5 rings (SSSR count). The third-order valence-electron chi connectivity index (χ3n) is 6.48. The van der Waals surface area contributed by atoms with Gasteiger partial charge in [0.1, 0.15) is 11.6 Å². The second-order valence-corrected chi connectivity index (χ2v) is 11.0. The van der Waals surface area contributed by atoms with Crippen LogP contribution in [0.4, 0.5) is 26.3 Å². The first kappa shape index (κ1) is 27.0. The van der Waals surface area contributed by atoms with E-state index >= 15 is 0 Å². The van der Waals surface area contributed by atoms with Gasteiger partial charge in [-0.1, -0.05) is 42.5 Å². The molecule has 0 saturated heterocycles. The number of halogens is 6. The van der Waals surface area contributed by atoms with E-state index in [-0.39, 0.29) is 17.6 Å². The zero-order valence-electron chi connectivity index (χ0n) is 19.9. The van der Waals surface area contributed by atoms with E-state index < -0.39 is 34.2 Å². The molecule has 1 aliphatic rings. The van der Waals surface area contributed by atoms with E-state index in [1.165, 1.54) is 12.1 Å². The smallest absolute Gasteiger partial charge is 0.434 e. The third-order valence-corrected chi connectivity index (χ3v) is 7.20. The lowest BCUT2D eigenvalue weighted by Crippen LogP contribution is -2.46. The van der Waals surface area contributed by atoms with Crippen molar-refractivity contribution in [3.05, 3.63) is 83.7 Å². The Hall–Kier alpha value is -3.58. The van der Waals surface area contributed by atoms with Crippen molar-refractivity contribution in [3.63, 3.8) is 0 Å². The van der Waals surface area contributed by atoms with Gasteiger partial charge in [-0.05, 0) is 58.9 Å². The summed E-state index contributed by atoms with van der Waals surface area (Å²) >= 11 is 0. The Bertz CT molecular complexity index is 1600. The van der Waals surface area contributed by atoms with Gasteiger partial charge in [0, 0.05) is 5.92 Å². The number of H-pyrrole nitrogens is 1. The SMILES string of the molecule is NS(=O)(=O)Cc1ccccc1-c1ccc2nc(C3CC3c3ccc(OC(C(F)(F)F)C(F)(F)F)cc3)[nH]c2c1. The number of aromatic nitrogens is 2. The van der Waals surface area contributed by atoms with Gasteiger partial charge < -0.3 is 9.72 Å². The molecule has 0 radical (unpaired) electrons. The Morgan fingerprint density at radius 3 is 2.26 bits per heavy atom. The molecule has 206 valence electrons. The quantitative estimate of drug-likeness (QED) is 0.261. The van der Waals surface area contributed by atoms with Gasteiger partial charge in [-0.3, -0.25) is 0 Å². The molecule has 3 aromatic carbocycles. The molecule has 0 amide bonds. The first-order valence-corrected chi connectivity index (χ1v) is 13.4. The van der Waals surface area contributed by atoms with Gasteiger partial charge in [-0.2, -0.15) is 26.3 Å². The maximum atomic E-state index is 12.8. The molecule has 6 nitrogen and oxygen atoms in total. The van der Waals surface area contributed by atoms with Crippen LogP contribution in [0.5, 0.6) is 5.75 Å². The Morgan fingerprint density at radius 1 is 0.949 bits per heavy atom. The lowest BCUT2D eigenvalue weighted by atomic mass is 10.0. The minimum atomic E-state index is -5.59. The summed E-state index contributed by atoms with van der Waals surface area (Å²) in [6.07, 6.45) is -14.4. The molecular weight excluding hydrogens is 548 g/mol. The molecule has 13 heteroatoms. The maximum Gasteiger partial charge on any atom is 0.434 e. The average molecular weight is 570 g/mol. The van der Waals surface area contributed by atoms with Gasteiger partial charge in [0.05, 0.1) is 16.8 Å². The van der Waals surface area contributed by atoms with Crippen molar-refractivity contribution in [1.82, 2.24) is 9.97 Å². The van der Waals surface area contributed by atoms with Gasteiger partial charge in [0.15, 0.2) is 0 Å². The number of benzene rings is 3. The summed E-state index contributed by atoms with van der Waals surface area (Å²) < 4.78 is 104. The van der Waals surface area contributed by atoms with E-state index in [1.807, 2.05) is 12.1 Å². The highest BCUT2D eigenvalue weighted by Gasteiger charge is 2.59. The first-order valence-electron chi connectivity index (χ1n) is 11.7. The Balaban J connectivity index is 1.32. The van der Waals surface area contributed by atoms with E-state index in [1.54, 1.807) is 30.3 Å². The number of nitrogens with zero attached hydrogens (tertiary/aromatic N) is 1. The van der Waals surface area contributed by atoms with Crippen LogP contribution in [0.15, 0.2) is 66.7 Å². The second-order valence-electron chi connectivity index (χ2n) is 9.42. The van der Waals surface area contributed by atoms with Gasteiger partial charge in [0.2, 0.25) is 10.0 Å². The predicted octanol–water partition coefficient (Wildman–Crippen LogP) is 6.16. The lowest BCUT2D eigenvalue weighted by Gasteiger charge is -2.23. The number of sulfonamides is 1. The topological polar surface area (TPSA) is 98.1 Å². The number of hydrogen-bond donors (Lipinski definition) is 2. The number of fused-ring (bicyclic) bond motifs is 1. The zero-order valence-corrected chi connectivity index (χ0v) is 20.7. The highest BCUT2D eigenvalue weighted by Crippen LogP contribution is 2.54. The molecule has 1 aromatic heterocycles. The highest BCUT2D eigenvalue weighted by molar-refractivity contribution is 7.88. The Morgan fingerprint density at radius 2 is 1.62 bits per heavy atom. The summed E-state index contributed by atoms with van der Waals surface area (Å²) in [4.78, 5) is 7.91. The zero-order chi connectivity index (χ0) is 28.2. The predicted molar refractivity (Wildman–Crippen MR) is 131 cm³/mol. The fourth-order valence-corrected chi connectivity index (χ4v) is 5.32. The normalized spacial score (nSPS) is 18.1. The Kier molecular flexibility index (Phi) is 6.62. The minimum absolute atomic E-state index is 0.0135. The van der Waals surface area contributed by atoms with Gasteiger partial charge in [0.25, 0.3) is 6.10 Å². The summed E-state index contributed by atoms with van der Waals surface area (Å²) in [7, 11) is -3.73. The number of alkyl halides is 6.